The van der Waals surface area contributed by atoms with E-state index in [1.54, 1.807) is 0 Å². The van der Waals surface area contributed by atoms with Crippen LogP contribution in [0.25, 0.3) is 0 Å². The van der Waals surface area contributed by atoms with Crippen LogP contribution < -0.4 is 0 Å². The van der Waals surface area contributed by atoms with Crippen LogP contribution >= 0.6 is 0 Å². The number of carbonyl (C=O) groups excluding carboxylic acids is 6. The van der Waals surface area contributed by atoms with E-state index < -0.39 is 0 Å². The van der Waals surface area contributed by atoms with E-state index in [-0.39, 0.29) is 19.1 Å². The minimum atomic E-state index is -0.213. The van der Waals surface area contributed by atoms with Crippen molar-refractivity contribution in [3.05, 3.63) is 0 Å². The molecule has 0 radical (unpaired) electrons. The molecule has 4 N–H and O–H groups in total. The lowest BCUT2D eigenvalue weighted by Gasteiger charge is -2.00. The molecule has 0 atom stereocenters. The molecule has 138 valence electrons. The first-order valence-corrected chi connectivity index (χ1v) is 6.32. The molecule has 0 rings (SSSR count). The summed E-state index contributed by atoms with van der Waals surface area (Å²) in [6.07, 6.45) is 7.83. The second-order valence-electron chi connectivity index (χ2n) is 3.06. The highest BCUT2D eigenvalue weighted by Gasteiger charge is 2.00. The van der Waals surface area contributed by atoms with Gasteiger partial charge in [-0.15, -0.1) is 0 Å². The van der Waals surface area contributed by atoms with E-state index in [1.807, 2.05) is 0 Å². The predicted octanol–water partition coefficient (Wildman–Crippen LogP) is 1.05. The van der Waals surface area contributed by atoms with Crippen molar-refractivity contribution in [1.29, 1.82) is 21.6 Å². The number of hydrogen-bond acceptors (Lipinski definition) is 12. The van der Waals surface area contributed by atoms with Crippen LogP contribution in [0.3, 0.4) is 0 Å². The van der Waals surface area contributed by atoms with Gasteiger partial charge in [0.1, 0.15) is 6.61 Å². The van der Waals surface area contributed by atoms with Gasteiger partial charge < -0.3 is 4.74 Å². The maximum atomic E-state index is 10.9. The highest BCUT2D eigenvalue weighted by atomic mass is 16.5. The number of aliphatic imine (C=N–C) groups is 1. The molecule has 0 aliphatic rings. The third kappa shape index (κ3) is 127. The third-order valence-electron chi connectivity index (χ3n) is 1.52. The largest absolute Gasteiger partial charge is 0.464 e. The van der Waals surface area contributed by atoms with E-state index in [2.05, 4.69) is 11.9 Å². The van der Waals surface area contributed by atoms with Crippen LogP contribution in [0.15, 0.2) is 4.99 Å². The Bertz CT molecular complexity index is 429. The van der Waals surface area contributed by atoms with Gasteiger partial charge in [0.05, 0.1) is 6.54 Å². The van der Waals surface area contributed by atoms with E-state index in [4.69, 9.17) is 45.6 Å². The van der Waals surface area contributed by atoms with Crippen molar-refractivity contribution in [1.82, 2.24) is 0 Å². The summed E-state index contributed by atoms with van der Waals surface area (Å²) in [5.74, 6) is -0.213. The van der Waals surface area contributed by atoms with E-state index in [0.717, 1.165) is 43.6 Å². The zero-order chi connectivity index (χ0) is 20.8. The van der Waals surface area contributed by atoms with Gasteiger partial charge in [0.15, 0.2) is 0 Å². The van der Waals surface area contributed by atoms with Gasteiger partial charge in [-0.05, 0) is 6.42 Å². The van der Waals surface area contributed by atoms with Crippen molar-refractivity contribution in [2.75, 3.05) is 13.2 Å². The lowest BCUT2D eigenvalue weighted by molar-refractivity contribution is -0.143. The normalized spacial score (nSPS) is 5.96. The summed E-state index contributed by atoms with van der Waals surface area (Å²) in [5.41, 5.74) is 0. The molecular weight excluding hydrogens is 338 g/mol. The monoisotopic (exact) mass is 357 g/mol. The van der Waals surface area contributed by atoms with Crippen LogP contribution in [0.4, 0.5) is 0 Å². The molecule has 0 bridgehead atoms. The molecule has 25 heavy (non-hydrogen) atoms. The highest BCUT2D eigenvalue weighted by Crippen LogP contribution is 1.99. The van der Waals surface area contributed by atoms with Crippen LogP contribution in [0.1, 0.15) is 32.6 Å². The quantitative estimate of drug-likeness (QED) is 0.224. The van der Waals surface area contributed by atoms with Gasteiger partial charge in [0.2, 0.25) is 30.4 Å². The minimum absolute atomic E-state index is 0.181. The Kier molecular flexibility index (Phi) is 66.1. The SMILES string of the molecule is CCCCCC(=O)OCCN=C=O.N=C=O.N=C=O.N=C=O.N=C=O. The molecule has 0 aliphatic carbocycles. The van der Waals surface area contributed by atoms with Crippen molar-refractivity contribution >= 4 is 36.4 Å². The smallest absolute Gasteiger partial charge is 0.305 e. The average molecular weight is 357 g/mol. The Hall–Kier alpha value is -3.63. The van der Waals surface area contributed by atoms with E-state index in [0.29, 0.717) is 6.42 Å². The number of rotatable bonds is 7. The topological polar surface area (TPSA) is 219 Å². The fourth-order valence-corrected chi connectivity index (χ4v) is 0.842. The Morgan fingerprint density at radius 1 is 0.880 bits per heavy atom. The molecule has 0 heterocycles. The standard InChI is InChI=1S/C9H15NO3.4CHNO/c1-2-3-4-5-9(12)13-7-6-10-8-11;4*2-1-3/h2-7H2,1H3;4*2H. The van der Waals surface area contributed by atoms with Crippen molar-refractivity contribution in [3.8, 4) is 0 Å². The van der Waals surface area contributed by atoms with Gasteiger partial charge in [-0.2, -0.15) is 0 Å². The molecule has 0 aromatic rings. The van der Waals surface area contributed by atoms with Crippen LogP contribution in [0.5, 0.6) is 0 Å². The average Bonchev–Trinajstić information content (AvgIpc) is 2.55. The Morgan fingerprint density at radius 3 is 1.60 bits per heavy atom. The first kappa shape index (κ1) is 33.1. The van der Waals surface area contributed by atoms with Crippen molar-refractivity contribution in [2.45, 2.75) is 32.6 Å². The molecule has 0 amide bonds. The summed E-state index contributed by atoms with van der Waals surface area (Å²) in [6.45, 7) is 2.47. The summed E-state index contributed by atoms with van der Waals surface area (Å²) in [7, 11) is 0. The molecule has 0 saturated carbocycles. The highest BCUT2D eigenvalue weighted by molar-refractivity contribution is 5.69. The number of esters is 1. The minimum Gasteiger partial charge on any atom is -0.464 e. The Labute approximate surface area is 143 Å². The number of nitrogens with one attached hydrogen (secondary N) is 4. The summed E-state index contributed by atoms with van der Waals surface area (Å²) in [4.78, 5) is 57.2. The first-order chi connectivity index (χ1) is 12.0. The molecule has 0 aromatic heterocycles. The van der Waals surface area contributed by atoms with E-state index in [9.17, 15) is 9.59 Å². The Morgan fingerprint density at radius 2 is 1.28 bits per heavy atom. The number of ether oxygens (including phenoxy) is 1. The van der Waals surface area contributed by atoms with Crippen molar-refractivity contribution < 1.29 is 33.5 Å². The van der Waals surface area contributed by atoms with Crippen LogP contribution in [-0.2, 0) is 33.5 Å². The zero-order valence-corrected chi connectivity index (χ0v) is 13.5. The molecule has 0 aromatic carbocycles. The van der Waals surface area contributed by atoms with Gasteiger partial charge >= 0.3 is 5.97 Å². The van der Waals surface area contributed by atoms with Gasteiger partial charge in [-0.3, -0.25) is 4.79 Å². The molecule has 0 fully saturated rings. The van der Waals surface area contributed by atoms with E-state index >= 15 is 0 Å². The number of isocyanates is 5. The summed E-state index contributed by atoms with van der Waals surface area (Å²) < 4.78 is 4.78. The van der Waals surface area contributed by atoms with Gasteiger partial charge in [0.25, 0.3) is 0 Å². The number of unbranched alkanes of at least 4 members (excludes halogenated alkanes) is 2. The molecular formula is C13H19N5O7. The third-order valence-corrected chi connectivity index (χ3v) is 1.52. The van der Waals surface area contributed by atoms with E-state index in [1.165, 1.54) is 6.08 Å². The van der Waals surface area contributed by atoms with Crippen molar-refractivity contribution in [2.24, 2.45) is 4.99 Å². The van der Waals surface area contributed by atoms with Gasteiger partial charge in [-0.25, -0.2) is 50.6 Å². The lowest BCUT2D eigenvalue weighted by atomic mass is 10.2. The fraction of sp³-hybridized carbons (Fsp3) is 0.538. The number of nitrogens with zero attached hydrogens (tertiary/aromatic N) is 1. The summed E-state index contributed by atoms with van der Waals surface area (Å²) >= 11 is 0. The molecule has 0 aliphatic heterocycles. The van der Waals surface area contributed by atoms with Crippen LogP contribution in [0, 0.1) is 21.6 Å². The maximum Gasteiger partial charge on any atom is 0.305 e. The second-order valence-corrected chi connectivity index (χ2v) is 3.06. The van der Waals surface area contributed by atoms with Crippen LogP contribution in [0.2, 0.25) is 0 Å². The van der Waals surface area contributed by atoms with Gasteiger partial charge in [-0.1, -0.05) is 19.8 Å². The molecule has 0 saturated heterocycles. The maximum absolute atomic E-state index is 10.9. The number of hydrogen-bond donors (Lipinski definition) is 4. The fourth-order valence-electron chi connectivity index (χ4n) is 0.842. The second kappa shape index (κ2) is 49.9. The predicted molar refractivity (Wildman–Crippen MR) is 81.7 cm³/mol. The summed E-state index contributed by atoms with van der Waals surface area (Å²) in [5, 5.41) is 21.6. The Balaban J connectivity index is -0.0000000909. The van der Waals surface area contributed by atoms with Crippen LogP contribution in [-0.4, -0.2) is 49.5 Å². The molecule has 12 nitrogen and oxygen atoms in total. The number of carbonyl (C=O) groups is 1. The van der Waals surface area contributed by atoms with Crippen molar-refractivity contribution in [3.63, 3.8) is 0 Å². The molecule has 0 unspecified atom stereocenters. The molecule has 12 heteroatoms. The summed E-state index contributed by atoms with van der Waals surface area (Å²) in [6, 6.07) is 0. The van der Waals surface area contributed by atoms with Gasteiger partial charge in [0, 0.05) is 6.42 Å². The zero-order valence-electron chi connectivity index (χ0n) is 13.5. The molecule has 0 spiro atoms. The lowest BCUT2D eigenvalue weighted by Crippen LogP contribution is -2.07. The first-order valence-electron chi connectivity index (χ1n) is 6.32.